The van der Waals surface area contributed by atoms with Gasteiger partial charge >= 0.3 is 5.69 Å². The average molecular weight is 402 g/mol. The molecule has 0 bridgehead atoms. The lowest BCUT2D eigenvalue weighted by Gasteiger charge is -2.26. The van der Waals surface area contributed by atoms with E-state index in [9.17, 15) is 14.4 Å². The van der Waals surface area contributed by atoms with Crippen LogP contribution < -0.4 is 26.8 Å². The molecule has 0 unspecified atom stereocenters. The van der Waals surface area contributed by atoms with Gasteiger partial charge in [0.15, 0.2) is 5.69 Å². The third kappa shape index (κ3) is 5.04. The molecule has 0 spiro atoms. The Morgan fingerprint density at radius 3 is 2.48 bits per heavy atom. The number of unbranched alkanes of at least 4 members (excludes halogenated alkanes) is 1. The van der Waals surface area contributed by atoms with Gasteiger partial charge in [-0.2, -0.15) is 0 Å². The quantitative estimate of drug-likeness (QED) is 0.694. The van der Waals surface area contributed by atoms with Crippen molar-refractivity contribution in [2.45, 2.75) is 40.2 Å². The van der Waals surface area contributed by atoms with Crippen LogP contribution in [0.4, 0.5) is 17.3 Å². The molecule has 2 aromatic rings. The number of aromatic nitrogens is 3. The fraction of sp³-hybridized carbons (Fsp3) is 0.500. The molecule has 1 amide bonds. The Balaban J connectivity index is 2.56. The Morgan fingerprint density at radius 1 is 1.28 bits per heavy atom. The van der Waals surface area contributed by atoms with Crippen molar-refractivity contribution >= 4 is 23.2 Å². The van der Waals surface area contributed by atoms with Gasteiger partial charge in [-0.15, -0.1) is 0 Å². The first kappa shape index (κ1) is 22.2. The fourth-order valence-electron chi connectivity index (χ4n) is 2.95. The molecule has 0 saturated carbocycles. The van der Waals surface area contributed by atoms with E-state index >= 15 is 0 Å². The number of nitrogens with zero attached hydrogens (tertiary/aromatic N) is 4. The summed E-state index contributed by atoms with van der Waals surface area (Å²) in [6, 6.07) is 3.39. The highest BCUT2D eigenvalue weighted by atomic mass is 16.2. The van der Waals surface area contributed by atoms with Crippen molar-refractivity contribution in [3.8, 4) is 0 Å². The van der Waals surface area contributed by atoms with Crippen LogP contribution in [0.1, 0.15) is 44.0 Å². The van der Waals surface area contributed by atoms with Gasteiger partial charge in [0.1, 0.15) is 11.6 Å². The molecule has 29 heavy (non-hydrogen) atoms. The molecule has 0 aliphatic heterocycles. The molecule has 3 N–H and O–H groups in total. The van der Waals surface area contributed by atoms with Gasteiger partial charge in [-0.05, 0) is 24.5 Å². The Morgan fingerprint density at radius 2 is 1.97 bits per heavy atom. The molecule has 0 fully saturated rings. The number of rotatable bonds is 8. The zero-order valence-electron chi connectivity index (χ0n) is 17.7. The van der Waals surface area contributed by atoms with Crippen molar-refractivity contribution in [2.75, 3.05) is 36.2 Å². The first-order chi connectivity index (χ1) is 13.7. The van der Waals surface area contributed by atoms with E-state index in [4.69, 9.17) is 5.73 Å². The topological polar surface area (TPSA) is 117 Å². The van der Waals surface area contributed by atoms with Crippen molar-refractivity contribution in [3.63, 3.8) is 0 Å². The molecule has 9 nitrogen and oxygen atoms in total. The Hall–Kier alpha value is -3.10. The first-order valence-electron chi connectivity index (χ1n) is 9.75. The van der Waals surface area contributed by atoms with Crippen LogP contribution in [0.5, 0.6) is 0 Å². The van der Waals surface area contributed by atoms with E-state index in [0.717, 1.165) is 12.8 Å². The zero-order chi connectivity index (χ0) is 21.7. The van der Waals surface area contributed by atoms with Gasteiger partial charge in [-0.1, -0.05) is 27.2 Å². The number of pyridine rings is 1. The monoisotopic (exact) mass is 402 g/mol. The minimum Gasteiger partial charge on any atom is -0.383 e. The lowest BCUT2D eigenvalue weighted by Crippen LogP contribution is -2.42. The molecule has 2 aromatic heterocycles. The van der Waals surface area contributed by atoms with E-state index in [1.54, 1.807) is 12.1 Å². The maximum Gasteiger partial charge on any atom is 0.330 e. The molecular weight excluding hydrogens is 372 g/mol. The van der Waals surface area contributed by atoms with E-state index in [1.807, 2.05) is 39.8 Å². The second-order valence-corrected chi connectivity index (χ2v) is 7.61. The van der Waals surface area contributed by atoms with Crippen molar-refractivity contribution in [3.05, 3.63) is 44.7 Å². The molecule has 158 valence electrons. The maximum absolute atomic E-state index is 13.3. The highest BCUT2D eigenvalue weighted by Gasteiger charge is 2.26. The summed E-state index contributed by atoms with van der Waals surface area (Å²) in [6.45, 7) is 6.50. The van der Waals surface area contributed by atoms with Crippen LogP contribution in [-0.4, -0.2) is 41.1 Å². The number of nitrogens with two attached hydrogens (primary N) is 1. The minimum absolute atomic E-state index is 0.000860. The van der Waals surface area contributed by atoms with Crippen LogP contribution in [0.2, 0.25) is 0 Å². The molecule has 2 rings (SSSR count). The summed E-state index contributed by atoms with van der Waals surface area (Å²) in [5.74, 6) is 0.388. The normalized spacial score (nSPS) is 11.0. The van der Waals surface area contributed by atoms with Crippen molar-refractivity contribution in [1.82, 2.24) is 14.5 Å². The summed E-state index contributed by atoms with van der Waals surface area (Å²) in [4.78, 5) is 47.8. The first-order valence-corrected chi connectivity index (χ1v) is 9.75. The third-order valence-electron chi connectivity index (χ3n) is 4.47. The van der Waals surface area contributed by atoms with Gasteiger partial charge in [-0.3, -0.25) is 19.1 Å². The summed E-state index contributed by atoms with van der Waals surface area (Å²) in [5, 5.41) is 0. The molecule has 0 aromatic carbocycles. The van der Waals surface area contributed by atoms with Gasteiger partial charge < -0.3 is 15.5 Å². The highest BCUT2D eigenvalue weighted by Crippen LogP contribution is 2.21. The Bertz CT molecular complexity index is 960. The summed E-state index contributed by atoms with van der Waals surface area (Å²) < 4.78 is 1.31. The number of amides is 1. The van der Waals surface area contributed by atoms with E-state index in [0.29, 0.717) is 17.9 Å². The molecular formula is C20H30N6O3. The molecule has 0 aliphatic carbocycles. The van der Waals surface area contributed by atoms with Crippen LogP contribution in [0.15, 0.2) is 27.9 Å². The SMILES string of the molecule is CCCCn1c(N)c(N(CC(C)C)C(=O)c2ccc(N(C)C)nc2)c(=O)[nH]c1=O. The summed E-state index contributed by atoms with van der Waals surface area (Å²) in [5.41, 5.74) is 5.30. The predicted octanol–water partition coefficient (Wildman–Crippen LogP) is 1.68. The smallest absolute Gasteiger partial charge is 0.330 e. The number of anilines is 3. The van der Waals surface area contributed by atoms with Crippen molar-refractivity contribution in [1.29, 1.82) is 0 Å². The predicted molar refractivity (Wildman–Crippen MR) is 116 cm³/mol. The zero-order valence-corrected chi connectivity index (χ0v) is 17.7. The highest BCUT2D eigenvalue weighted by molar-refractivity contribution is 6.07. The third-order valence-corrected chi connectivity index (χ3v) is 4.47. The standard InChI is InChI=1S/C20H30N6O3/c1-6-7-10-25-17(21)16(18(27)23-20(25)29)26(12-13(2)3)19(28)14-8-9-15(22-11-14)24(4)5/h8-9,11,13H,6-7,10,12,21H2,1-5H3,(H,23,27,29). The second-order valence-electron chi connectivity index (χ2n) is 7.61. The van der Waals surface area contributed by atoms with Crippen LogP contribution in [0.25, 0.3) is 0 Å². The largest absolute Gasteiger partial charge is 0.383 e. The lowest BCUT2D eigenvalue weighted by atomic mass is 10.1. The summed E-state index contributed by atoms with van der Waals surface area (Å²) >= 11 is 0. The van der Waals surface area contributed by atoms with Gasteiger partial charge in [0.25, 0.3) is 11.5 Å². The van der Waals surface area contributed by atoms with Crippen molar-refractivity contribution in [2.24, 2.45) is 5.92 Å². The molecule has 0 radical (unpaired) electrons. The lowest BCUT2D eigenvalue weighted by molar-refractivity contribution is 0.0983. The average Bonchev–Trinajstić information content (AvgIpc) is 2.66. The van der Waals surface area contributed by atoms with Gasteiger partial charge in [-0.25, -0.2) is 9.78 Å². The van der Waals surface area contributed by atoms with E-state index in [1.165, 1.54) is 15.7 Å². The molecule has 0 aliphatic rings. The van der Waals surface area contributed by atoms with Gasteiger partial charge in [0.05, 0.1) is 5.56 Å². The van der Waals surface area contributed by atoms with E-state index in [-0.39, 0.29) is 24.0 Å². The molecule has 0 atom stereocenters. The summed E-state index contributed by atoms with van der Waals surface area (Å²) in [6.07, 6.45) is 3.06. The Labute approximate surface area is 170 Å². The fourth-order valence-corrected chi connectivity index (χ4v) is 2.95. The van der Waals surface area contributed by atoms with E-state index < -0.39 is 17.2 Å². The number of nitrogens with one attached hydrogen (secondary N) is 1. The number of aromatic amines is 1. The minimum atomic E-state index is -0.674. The summed E-state index contributed by atoms with van der Waals surface area (Å²) in [7, 11) is 3.71. The van der Waals surface area contributed by atoms with Crippen LogP contribution in [0, 0.1) is 5.92 Å². The number of hydrogen-bond acceptors (Lipinski definition) is 6. The van der Waals surface area contributed by atoms with Gasteiger partial charge in [0.2, 0.25) is 0 Å². The van der Waals surface area contributed by atoms with E-state index in [2.05, 4.69) is 9.97 Å². The number of carbonyl (C=O) groups excluding carboxylic acids is 1. The molecule has 9 heteroatoms. The molecule has 0 saturated heterocycles. The van der Waals surface area contributed by atoms with Gasteiger partial charge in [0, 0.05) is 33.4 Å². The number of carbonyl (C=O) groups is 1. The number of H-pyrrole nitrogens is 1. The van der Waals surface area contributed by atoms with Crippen LogP contribution in [-0.2, 0) is 6.54 Å². The van der Waals surface area contributed by atoms with Crippen LogP contribution in [0.3, 0.4) is 0 Å². The molecule has 2 heterocycles. The Kier molecular flexibility index (Phi) is 7.19. The van der Waals surface area contributed by atoms with Crippen molar-refractivity contribution < 1.29 is 4.79 Å². The number of hydrogen-bond donors (Lipinski definition) is 2. The van der Waals surface area contributed by atoms with Crippen LogP contribution >= 0.6 is 0 Å². The number of nitrogen functional groups attached to an aromatic ring is 1. The maximum atomic E-state index is 13.3. The second kappa shape index (κ2) is 9.40.